The summed E-state index contributed by atoms with van der Waals surface area (Å²) in [7, 11) is 0. The molecule has 1 aromatic rings. The van der Waals surface area contributed by atoms with Crippen molar-refractivity contribution < 1.29 is 4.79 Å². The van der Waals surface area contributed by atoms with E-state index >= 15 is 0 Å². The average Bonchev–Trinajstić information content (AvgIpc) is 2.78. The molecule has 2 N–H and O–H groups in total. The van der Waals surface area contributed by atoms with Gasteiger partial charge in [0.05, 0.1) is 6.54 Å². The van der Waals surface area contributed by atoms with Gasteiger partial charge in [-0.3, -0.25) is 4.79 Å². The van der Waals surface area contributed by atoms with Crippen LogP contribution in [0.3, 0.4) is 0 Å². The van der Waals surface area contributed by atoms with Crippen molar-refractivity contribution in [2.24, 2.45) is 11.7 Å². The molecule has 1 atom stereocenters. The minimum atomic E-state index is 0.0945. The zero-order valence-electron chi connectivity index (χ0n) is 8.60. The lowest BCUT2D eigenvalue weighted by molar-refractivity contribution is -0.120. The van der Waals surface area contributed by atoms with Crippen molar-refractivity contribution in [1.82, 2.24) is 4.98 Å². The van der Waals surface area contributed by atoms with E-state index in [9.17, 15) is 4.79 Å². The number of Topliss-reactive ketones (excluding diaryl/α,β-unsaturated/α-hetero) is 1. The number of aromatic nitrogens is 1. The van der Waals surface area contributed by atoms with Gasteiger partial charge in [-0.25, -0.2) is 4.98 Å². The molecule has 4 nitrogen and oxygen atoms in total. The Morgan fingerprint density at radius 1 is 1.60 bits per heavy atom. The number of anilines is 1. The molecule has 80 valence electrons. The van der Waals surface area contributed by atoms with E-state index < -0.39 is 0 Å². The Morgan fingerprint density at radius 2 is 2.47 bits per heavy atom. The molecule has 1 aliphatic rings. The summed E-state index contributed by atoms with van der Waals surface area (Å²) in [4.78, 5) is 17.8. The monoisotopic (exact) mass is 205 g/mol. The molecule has 1 unspecified atom stereocenters. The Kier molecular flexibility index (Phi) is 2.97. The summed E-state index contributed by atoms with van der Waals surface area (Å²) < 4.78 is 0. The maximum absolute atomic E-state index is 11.4. The second kappa shape index (κ2) is 4.40. The minimum absolute atomic E-state index is 0.0945. The Hall–Kier alpha value is -1.42. The lowest BCUT2D eigenvalue weighted by Crippen LogP contribution is -2.27. The molecule has 1 saturated heterocycles. The highest BCUT2D eigenvalue weighted by Crippen LogP contribution is 2.21. The van der Waals surface area contributed by atoms with Gasteiger partial charge < -0.3 is 10.6 Å². The van der Waals surface area contributed by atoms with Crippen LogP contribution >= 0.6 is 0 Å². The third-order valence-corrected chi connectivity index (χ3v) is 2.82. The molecule has 0 bridgehead atoms. The van der Waals surface area contributed by atoms with Gasteiger partial charge in [0.1, 0.15) is 5.82 Å². The largest absolute Gasteiger partial charge is 0.356 e. The molecule has 4 heteroatoms. The maximum Gasteiger partial charge on any atom is 0.151 e. The van der Waals surface area contributed by atoms with Crippen molar-refractivity contribution in [2.45, 2.75) is 6.42 Å². The molecule has 0 amide bonds. The average molecular weight is 205 g/mol. The van der Waals surface area contributed by atoms with Crippen LogP contribution in [-0.2, 0) is 4.79 Å². The van der Waals surface area contributed by atoms with Crippen LogP contribution in [0.4, 0.5) is 5.82 Å². The van der Waals surface area contributed by atoms with Gasteiger partial charge in [-0.2, -0.15) is 0 Å². The fraction of sp³-hybridized carbons (Fsp3) is 0.455. The molecular weight excluding hydrogens is 190 g/mol. The summed E-state index contributed by atoms with van der Waals surface area (Å²) in [5.41, 5.74) is 5.35. The van der Waals surface area contributed by atoms with Gasteiger partial charge in [-0.15, -0.1) is 0 Å². The Morgan fingerprint density at radius 3 is 3.13 bits per heavy atom. The van der Waals surface area contributed by atoms with E-state index in [1.807, 2.05) is 18.2 Å². The Labute approximate surface area is 89.1 Å². The first-order valence-corrected chi connectivity index (χ1v) is 5.20. The second-order valence-electron chi connectivity index (χ2n) is 3.79. The first kappa shape index (κ1) is 10.1. The highest BCUT2D eigenvalue weighted by Gasteiger charge is 2.27. The fourth-order valence-electron chi connectivity index (χ4n) is 1.94. The molecule has 0 radical (unpaired) electrons. The molecule has 0 spiro atoms. The van der Waals surface area contributed by atoms with E-state index in [1.54, 1.807) is 6.20 Å². The standard InChI is InChI=1S/C11H15N3O/c12-7-10(15)9-4-6-14(8-9)11-3-1-2-5-13-11/h1-3,5,9H,4,6-8,12H2. The zero-order chi connectivity index (χ0) is 10.7. The summed E-state index contributed by atoms with van der Waals surface area (Å²) in [5.74, 6) is 1.20. The number of carbonyl (C=O) groups is 1. The number of rotatable bonds is 3. The molecule has 2 rings (SSSR count). The van der Waals surface area contributed by atoms with E-state index in [-0.39, 0.29) is 18.2 Å². The first-order chi connectivity index (χ1) is 7.31. The molecule has 0 aliphatic carbocycles. The first-order valence-electron chi connectivity index (χ1n) is 5.20. The van der Waals surface area contributed by atoms with Crippen molar-refractivity contribution in [3.8, 4) is 0 Å². The highest BCUT2D eigenvalue weighted by molar-refractivity contribution is 5.83. The molecule has 0 saturated carbocycles. The Bertz CT molecular complexity index is 339. The summed E-state index contributed by atoms with van der Waals surface area (Å²) in [5, 5.41) is 0. The van der Waals surface area contributed by atoms with Gasteiger partial charge in [0.15, 0.2) is 5.78 Å². The summed E-state index contributed by atoms with van der Waals surface area (Å²) in [6.45, 7) is 1.81. The zero-order valence-corrected chi connectivity index (χ0v) is 8.60. The summed E-state index contributed by atoms with van der Waals surface area (Å²) in [6, 6.07) is 5.82. The van der Waals surface area contributed by atoms with Gasteiger partial charge in [0.2, 0.25) is 0 Å². The van der Waals surface area contributed by atoms with Gasteiger partial charge >= 0.3 is 0 Å². The van der Waals surface area contributed by atoms with E-state index in [2.05, 4.69) is 9.88 Å². The second-order valence-corrected chi connectivity index (χ2v) is 3.79. The smallest absolute Gasteiger partial charge is 0.151 e. The van der Waals surface area contributed by atoms with Crippen LogP contribution in [0.2, 0.25) is 0 Å². The van der Waals surface area contributed by atoms with Crippen LogP contribution in [-0.4, -0.2) is 30.4 Å². The van der Waals surface area contributed by atoms with E-state index in [1.165, 1.54) is 0 Å². The maximum atomic E-state index is 11.4. The molecule has 1 fully saturated rings. The summed E-state index contributed by atoms with van der Waals surface area (Å²) >= 11 is 0. The molecule has 0 aromatic carbocycles. The Balaban J connectivity index is 2.02. The normalized spacial score (nSPS) is 20.6. The van der Waals surface area contributed by atoms with Gasteiger partial charge in [0.25, 0.3) is 0 Å². The van der Waals surface area contributed by atoms with Crippen LogP contribution in [0, 0.1) is 5.92 Å². The third-order valence-electron chi connectivity index (χ3n) is 2.82. The number of carbonyl (C=O) groups excluding carboxylic acids is 1. The lowest BCUT2D eigenvalue weighted by Gasteiger charge is -2.16. The van der Waals surface area contributed by atoms with Gasteiger partial charge in [-0.1, -0.05) is 6.07 Å². The van der Waals surface area contributed by atoms with Gasteiger partial charge in [0, 0.05) is 25.2 Å². The van der Waals surface area contributed by atoms with Crippen molar-refractivity contribution >= 4 is 11.6 Å². The van der Waals surface area contributed by atoms with Crippen LogP contribution in [0.15, 0.2) is 24.4 Å². The number of nitrogens with zero attached hydrogens (tertiary/aromatic N) is 2. The quantitative estimate of drug-likeness (QED) is 0.777. The van der Waals surface area contributed by atoms with E-state index in [4.69, 9.17) is 5.73 Å². The third kappa shape index (κ3) is 2.15. The molecule has 2 heterocycles. The van der Waals surface area contributed by atoms with Crippen molar-refractivity contribution in [3.05, 3.63) is 24.4 Å². The van der Waals surface area contributed by atoms with Crippen LogP contribution in [0.5, 0.6) is 0 Å². The highest BCUT2D eigenvalue weighted by atomic mass is 16.1. The lowest BCUT2D eigenvalue weighted by atomic mass is 10.0. The molecule has 1 aromatic heterocycles. The fourth-order valence-corrected chi connectivity index (χ4v) is 1.94. The minimum Gasteiger partial charge on any atom is -0.356 e. The number of nitrogens with two attached hydrogens (primary N) is 1. The van der Waals surface area contributed by atoms with Crippen LogP contribution < -0.4 is 10.6 Å². The van der Waals surface area contributed by atoms with Crippen molar-refractivity contribution in [2.75, 3.05) is 24.5 Å². The number of hydrogen-bond donors (Lipinski definition) is 1. The molecule has 15 heavy (non-hydrogen) atoms. The number of ketones is 1. The van der Waals surface area contributed by atoms with E-state index in [0.717, 1.165) is 25.3 Å². The summed E-state index contributed by atoms with van der Waals surface area (Å²) in [6.07, 6.45) is 2.67. The van der Waals surface area contributed by atoms with Gasteiger partial charge in [-0.05, 0) is 18.6 Å². The van der Waals surface area contributed by atoms with E-state index in [0.29, 0.717) is 0 Å². The predicted molar refractivity (Wildman–Crippen MR) is 58.6 cm³/mol. The SMILES string of the molecule is NCC(=O)C1CCN(c2ccccn2)C1. The molecular formula is C11H15N3O. The number of hydrogen-bond acceptors (Lipinski definition) is 4. The topological polar surface area (TPSA) is 59.2 Å². The van der Waals surface area contributed by atoms with Crippen molar-refractivity contribution in [3.63, 3.8) is 0 Å². The molecule has 1 aliphatic heterocycles. The van der Waals surface area contributed by atoms with Crippen LogP contribution in [0.1, 0.15) is 6.42 Å². The van der Waals surface area contributed by atoms with Crippen LogP contribution in [0.25, 0.3) is 0 Å². The van der Waals surface area contributed by atoms with Crippen molar-refractivity contribution in [1.29, 1.82) is 0 Å². The predicted octanol–water partition coefficient (Wildman–Crippen LogP) is 0.436. The number of pyridine rings is 1.